The van der Waals surface area contributed by atoms with Gasteiger partial charge in [0.25, 0.3) is 5.91 Å². The molecule has 1 aliphatic heterocycles. The summed E-state index contributed by atoms with van der Waals surface area (Å²) in [7, 11) is 0. The number of aliphatic carboxylic acids is 1. The number of rotatable bonds is 5. The number of likely N-dealkylation sites (tertiary alicyclic amines) is 1. The van der Waals surface area contributed by atoms with Gasteiger partial charge in [-0.25, -0.2) is 4.79 Å². The lowest BCUT2D eigenvalue weighted by atomic mass is 9.90. The monoisotopic (exact) mass is 359 g/mol. The van der Waals surface area contributed by atoms with E-state index in [0.29, 0.717) is 24.4 Å². The summed E-state index contributed by atoms with van der Waals surface area (Å²) in [5.74, 6) is -0.475. The van der Waals surface area contributed by atoms with Crippen molar-refractivity contribution in [3.8, 4) is 5.75 Å². The van der Waals surface area contributed by atoms with E-state index < -0.39 is 11.6 Å². The summed E-state index contributed by atoms with van der Waals surface area (Å²) < 4.78 is 5.82. The highest BCUT2D eigenvalue weighted by Crippen LogP contribution is 2.30. The van der Waals surface area contributed by atoms with Crippen LogP contribution in [-0.4, -0.2) is 40.6 Å². The number of thiophene rings is 1. The fraction of sp³-hybridized carbons (Fsp3) is 0.368. The average molecular weight is 359 g/mol. The number of para-hydroxylation sites is 1. The average Bonchev–Trinajstić information content (AvgIpc) is 3.11. The van der Waals surface area contributed by atoms with Crippen LogP contribution in [0, 0.1) is 0 Å². The summed E-state index contributed by atoms with van der Waals surface area (Å²) in [6, 6.07) is 10.9. The predicted molar refractivity (Wildman–Crippen MR) is 96.3 cm³/mol. The third kappa shape index (κ3) is 3.69. The lowest BCUT2D eigenvalue weighted by Gasteiger charge is -2.38. The molecule has 0 radical (unpaired) electrons. The van der Waals surface area contributed by atoms with Crippen molar-refractivity contribution in [2.75, 3.05) is 13.1 Å². The van der Waals surface area contributed by atoms with Gasteiger partial charge >= 0.3 is 5.97 Å². The standard InChI is InChI=1S/C19H21NO4S/c1-2-16-12-14(13-25-16)17(21)20-10-8-19(9-11-20,18(22)23)24-15-6-4-3-5-7-15/h3-7,12-13H,2,8-11H2,1H3,(H,22,23). The predicted octanol–water partition coefficient (Wildman–Crippen LogP) is 3.45. The van der Waals surface area contributed by atoms with E-state index in [4.69, 9.17) is 4.74 Å². The van der Waals surface area contributed by atoms with E-state index in [0.717, 1.165) is 6.42 Å². The van der Waals surface area contributed by atoms with Gasteiger partial charge in [0.15, 0.2) is 0 Å². The summed E-state index contributed by atoms with van der Waals surface area (Å²) in [6.07, 6.45) is 1.45. The quantitative estimate of drug-likeness (QED) is 0.888. The highest BCUT2D eigenvalue weighted by Gasteiger charge is 2.45. The van der Waals surface area contributed by atoms with Gasteiger partial charge in [0.2, 0.25) is 5.60 Å². The maximum Gasteiger partial charge on any atom is 0.348 e. The largest absolute Gasteiger partial charge is 0.478 e. The number of hydrogen-bond acceptors (Lipinski definition) is 4. The van der Waals surface area contributed by atoms with Crippen molar-refractivity contribution < 1.29 is 19.4 Å². The summed E-state index contributed by atoms with van der Waals surface area (Å²) in [6.45, 7) is 2.80. The van der Waals surface area contributed by atoms with Crippen molar-refractivity contribution in [1.29, 1.82) is 0 Å². The molecule has 1 aliphatic rings. The van der Waals surface area contributed by atoms with Gasteiger partial charge in [-0.15, -0.1) is 11.3 Å². The van der Waals surface area contributed by atoms with Crippen molar-refractivity contribution >= 4 is 23.2 Å². The molecule has 25 heavy (non-hydrogen) atoms. The van der Waals surface area contributed by atoms with Crippen molar-refractivity contribution in [2.45, 2.75) is 31.8 Å². The van der Waals surface area contributed by atoms with Gasteiger partial charge in [-0.05, 0) is 24.6 Å². The van der Waals surface area contributed by atoms with Crippen LogP contribution in [0.3, 0.4) is 0 Å². The minimum absolute atomic E-state index is 0.0327. The minimum atomic E-state index is -1.28. The van der Waals surface area contributed by atoms with Crippen LogP contribution in [0.5, 0.6) is 5.75 Å². The molecule has 132 valence electrons. The molecule has 1 aromatic heterocycles. The lowest BCUT2D eigenvalue weighted by molar-refractivity contribution is -0.159. The van der Waals surface area contributed by atoms with E-state index in [9.17, 15) is 14.7 Å². The van der Waals surface area contributed by atoms with Gasteiger partial charge in [-0.2, -0.15) is 0 Å². The van der Waals surface area contributed by atoms with Gasteiger partial charge in [-0.1, -0.05) is 25.1 Å². The Kier molecular flexibility index (Phi) is 5.08. The number of aryl methyl sites for hydroxylation is 1. The fourth-order valence-corrected chi connectivity index (χ4v) is 3.81. The fourth-order valence-electron chi connectivity index (χ4n) is 3.01. The molecule has 1 aromatic carbocycles. The molecule has 6 heteroatoms. The first kappa shape index (κ1) is 17.5. The Morgan fingerprint density at radius 3 is 2.48 bits per heavy atom. The van der Waals surface area contributed by atoms with E-state index in [1.54, 1.807) is 28.4 Å². The molecule has 2 aromatic rings. The molecule has 0 aliphatic carbocycles. The van der Waals surface area contributed by atoms with Crippen molar-refractivity contribution in [3.05, 3.63) is 52.2 Å². The van der Waals surface area contributed by atoms with Gasteiger partial charge in [0.05, 0.1) is 5.56 Å². The molecule has 0 bridgehead atoms. The second kappa shape index (κ2) is 7.27. The Bertz CT molecular complexity index is 748. The van der Waals surface area contributed by atoms with Gasteiger partial charge < -0.3 is 14.7 Å². The molecule has 1 N–H and O–H groups in total. The first-order valence-corrected chi connectivity index (χ1v) is 9.26. The third-order valence-corrected chi connectivity index (χ3v) is 5.63. The number of benzene rings is 1. The van der Waals surface area contributed by atoms with Gasteiger partial charge in [0, 0.05) is 36.2 Å². The van der Waals surface area contributed by atoms with E-state index in [2.05, 4.69) is 6.92 Å². The Hall–Kier alpha value is -2.34. The molecule has 1 fully saturated rings. The van der Waals surface area contributed by atoms with E-state index in [-0.39, 0.29) is 18.7 Å². The number of nitrogens with zero attached hydrogens (tertiary/aromatic N) is 1. The van der Waals surface area contributed by atoms with Crippen molar-refractivity contribution in [1.82, 2.24) is 4.90 Å². The molecule has 3 rings (SSSR count). The molecule has 2 heterocycles. The van der Waals surface area contributed by atoms with Gasteiger partial charge in [0.1, 0.15) is 5.75 Å². The maximum absolute atomic E-state index is 12.6. The Balaban J connectivity index is 1.69. The maximum atomic E-state index is 12.6. The molecule has 1 amide bonds. The molecule has 0 atom stereocenters. The Morgan fingerprint density at radius 2 is 1.92 bits per heavy atom. The second-order valence-corrected chi connectivity index (χ2v) is 7.16. The number of amides is 1. The van der Waals surface area contributed by atoms with Crippen LogP contribution < -0.4 is 4.74 Å². The normalized spacial score (nSPS) is 16.4. The van der Waals surface area contributed by atoms with Crippen LogP contribution >= 0.6 is 11.3 Å². The molecule has 5 nitrogen and oxygen atoms in total. The lowest BCUT2D eigenvalue weighted by Crippen LogP contribution is -2.54. The number of hydrogen-bond donors (Lipinski definition) is 1. The van der Waals surface area contributed by atoms with Crippen LogP contribution in [0.25, 0.3) is 0 Å². The van der Waals surface area contributed by atoms with E-state index in [1.807, 2.05) is 29.6 Å². The number of carboxylic acid groups (broad SMARTS) is 1. The van der Waals surface area contributed by atoms with Crippen molar-refractivity contribution in [2.24, 2.45) is 0 Å². The first-order chi connectivity index (χ1) is 12.0. The van der Waals surface area contributed by atoms with Crippen molar-refractivity contribution in [3.63, 3.8) is 0 Å². The zero-order valence-corrected chi connectivity index (χ0v) is 14.9. The minimum Gasteiger partial charge on any atom is -0.478 e. The number of carbonyl (C=O) groups is 2. The third-order valence-electron chi connectivity index (χ3n) is 4.55. The van der Waals surface area contributed by atoms with E-state index in [1.165, 1.54) is 4.88 Å². The molecule has 0 unspecified atom stereocenters. The Morgan fingerprint density at radius 1 is 1.24 bits per heavy atom. The van der Waals surface area contributed by atoms with Crippen LogP contribution in [0.2, 0.25) is 0 Å². The van der Waals surface area contributed by atoms with Crippen LogP contribution in [0.15, 0.2) is 41.8 Å². The number of carbonyl (C=O) groups excluding carboxylic acids is 1. The molecular weight excluding hydrogens is 338 g/mol. The topological polar surface area (TPSA) is 66.8 Å². The second-order valence-electron chi connectivity index (χ2n) is 6.16. The molecule has 0 saturated carbocycles. The summed E-state index contributed by atoms with van der Waals surface area (Å²) in [5.41, 5.74) is -0.588. The highest BCUT2D eigenvalue weighted by atomic mass is 32.1. The molecule has 0 spiro atoms. The zero-order chi connectivity index (χ0) is 17.9. The SMILES string of the molecule is CCc1cc(C(=O)N2CCC(Oc3ccccc3)(C(=O)O)CC2)cs1. The smallest absolute Gasteiger partial charge is 0.348 e. The number of carboxylic acids is 1. The first-order valence-electron chi connectivity index (χ1n) is 8.38. The summed E-state index contributed by atoms with van der Waals surface area (Å²) in [5, 5.41) is 11.6. The number of piperidine rings is 1. The summed E-state index contributed by atoms with van der Waals surface area (Å²) >= 11 is 1.58. The van der Waals surface area contributed by atoms with E-state index >= 15 is 0 Å². The number of ether oxygens (including phenoxy) is 1. The van der Waals surface area contributed by atoms with Gasteiger partial charge in [-0.3, -0.25) is 4.79 Å². The van der Waals surface area contributed by atoms with Crippen LogP contribution in [-0.2, 0) is 11.2 Å². The zero-order valence-electron chi connectivity index (χ0n) is 14.1. The molecule has 1 saturated heterocycles. The summed E-state index contributed by atoms with van der Waals surface area (Å²) in [4.78, 5) is 27.3. The van der Waals surface area contributed by atoms with Crippen LogP contribution in [0.4, 0.5) is 0 Å². The molecular formula is C19H21NO4S. The highest BCUT2D eigenvalue weighted by molar-refractivity contribution is 7.10. The van der Waals surface area contributed by atoms with Crippen LogP contribution in [0.1, 0.15) is 35.0 Å². The Labute approximate surface area is 150 Å².